The zero-order valence-electron chi connectivity index (χ0n) is 12.6. The SMILES string of the molecule is Cc1cc(C#N)ccc1-c1cnccc1SC(C)(C)C(=O)O. The van der Waals surface area contributed by atoms with Gasteiger partial charge in [0.1, 0.15) is 4.75 Å². The Morgan fingerprint density at radius 3 is 2.64 bits per heavy atom. The van der Waals surface area contributed by atoms with Crippen molar-refractivity contribution in [2.24, 2.45) is 0 Å². The maximum atomic E-state index is 11.4. The Hall–Kier alpha value is -2.32. The number of nitriles is 1. The largest absolute Gasteiger partial charge is 0.480 e. The predicted molar refractivity (Wildman–Crippen MR) is 86.7 cm³/mol. The highest BCUT2D eigenvalue weighted by Crippen LogP contribution is 2.39. The predicted octanol–water partition coefficient (Wildman–Crippen LogP) is 3.88. The number of pyridine rings is 1. The number of aryl methyl sites for hydroxylation is 1. The van der Waals surface area contributed by atoms with Gasteiger partial charge in [-0.1, -0.05) is 6.07 Å². The van der Waals surface area contributed by atoms with Gasteiger partial charge in [0.15, 0.2) is 0 Å². The van der Waals surface area contributed by atoms with E-state index in [-0.39, 0.29) is 0 Å². The summed E-state index contributed by atoms with van der Waals surface area (Å²) in [6.07, 6.45) is 3.39. The topological polar surface area (TPSA) is 74.0 Å². The lowest BCUT2D eigenvalue weighted by Gasteiger charge is -2.20. The van der Waals surface area contributed by atoms with Crippen LogP contribution in [0.3, 0.4) is 0 Å². The highest BCUT2D eigenvalue weighted by Gasteiger charge is 2.29. The molecule has 2 rings (SSSR count). The van der Waals surface area contributed by atoms with Crippen molar-refractivity contribution in [3.63, 3.8) is 0 Å². The number of nitrogens with zero attached hydrogens (tertiary/aromatic N) is 2. The highest BCUT2D eigenvalue weighted by molar-refractivity contribution is 8.01. The number of carboxylic acids is 1. The minimum atomic E-state index is -0.934. The second kappa shape index (κ2) is 6.20. The monoisotopic (exact) mass is 312 g/mol. The first-order chi connectivity index (χ1) is 10.3. The fourth-order valence-electron chi connectivity index (χ4n) is 2.03. The Balaban J connectivity index is 2.50. The van der Waals surface area contributed by atoms with Crippen LogP contribution < -0.4 is 0 Å². The number of aromatic nitrogens is 1. The van der Waals surface area contributed by atoms with Gasteiger partial charge in [0.2, 0.25) is 0 Å². The fraction of sp³-hybridized carbons (Fsp3) is 0.235. The number of thioether (sulfide) groups is 1. The molecule has 0 spiro atoms. The molecule has 5 heteroatoms. The van der Waals surface area contributed by atoms with Crippen LogP contribution in [0.1, 0.15) is 25.0 Å². The lowest BCUT2D eigenvalue weighted by Crippen LogP contribution is -2.27. The molecule has 2 aromatic rings. The van der Waals surface area contributed by atoms with Crippen LogP contribution in [-0.4, -0.2) is 20.8 Å². The van der Waals surface area contributed by atoms with Crippen LogP contribution in [0.25, 0.3) is 11.1 Å². The van der Waals surface area contributed by atoms with Crippen molar-refractivity contribution in [1.82, 2.24) is 4.98 Å². The maximum absolute atomic E-state index is 11.4. The van der Waals surface area contributed by atoms with Crippen LogP contribution in [0.15, 0.2) is 41.6 Å². The Labute approximate surface area is 133 Å². The fourth-order valence-corrected chi connectivity index (χ4v) is 3.07. The van der Waals surface area contributed by atoms with Crippen molar-refractivity contribution in [1.29, 1.82) is 5.26 Å². The zero-order chi connectivity index (χ0) is 16.3. The van der Waals surface area contributed by atoms with Crippen LogP contribution in [0.4, 0.5) is 0 Å². The summed E-state index contributed by atoms with van der Waals surface area (Å²) in [7, 11) is 0. The van der Waals surface area contributed by atoms with Gasteiger partial charge in [-0.15, -0.1) is 11.8 Å². The average Bonchev–Trinajstić information content (AvgIpc) is 2.47. The summed E-state index contributed by atoms with van der Waals surface area (Å²) in [4.78, 5) is 16.4. The van der Waals surface area contributed by atoms with Crippen molar-refractivity contribution in [3.05, 3.63) is 47.8 Å². The van der Waals surface area contributed by atoms with Crippen molar-refractivity contribution >= 4 is 17.7 Å². The Bertz CT molecular complexity index is 763. The van der Waals surface area contributed by atoms with Gasteiger partial charge in [0.25, 0.3) is 0 Å². The van der Waals surface area contributed by atoms with E-state index in [0.717, 1.165) is 21.6 Å². The lowest BCUT2D eigenvalue weighted by molar-refractivity contribution is -0.138. The molecule has 0 aliphatic heterocycles. The van der Waals surface area contributed by atoms with E-state index in [2.05, 4.69) is 11.1 Å². The molecule has 0 fully saturated rings. The number of aliphatic carboxylic acids is 1. The quantitative estimate of drug-likeness (QED) is 0.867. The summed E-state index contributed by atoms with van der Waals surface area (Å²) in [5.74, 6) is -0.864. The Morgan fingerprint density at radius 1 is 1.32 bits per heavy atom. The normalized spacial score (nSPS) is 11.0. The zero-order valence-corrected chi connectivity index (χ0v) is 13.4. The van der Waals surface area contributed by atoms with E-state index in [9.17, 15) is 9.90 Å². The molecule has 0 aliphatic rings. The van der Waals surface area contributed by atoms with E-state index >= 15 is 0 Å². The van der Waals surface area contributed by atoms with Crippen molar-refractivity contribution < 1.29 is 9.90 Å². The molecule has 112 valence electrons. The summed E-state index contributed by atoms with van der Waals surface area (Å²) in [6, 6.07) is 9.39. The van der Waals surface area contributed by atoms with Gasteiger partial charge in [0, 0.05) is 22.9 Å². The molecule has 1 aromatic heterocycles. The average molecular weight is 312 g/mol. The van der Waals surface area contributed by atoms with Crippen molar-refractivity contribution in [2.75, 3.05) is 0 Å². The van der Waals surface area contributed by atoms with E-state index < -0.39 is 10.7 Å². The smallest absolute Gasteiger partial charge is 0.319 e. The van der Waals surface area contributed by atoms with E-state index in [4.69, 9.17) is 5.26 Å². The van der Waals surface area contributed by atoms with Crippen LogP contribution in [0.2, 0.25) is 0 Å². The van der Waals surface area contributed by atoms with Crippen LogP contribution in [0.5, 0.6) is 0 Å². The highest BCUT2D eigenvalue weighted by atomic mass is 32.2. The Morgan fingerprint density at radius 2 is 2.05 bits per heavy atom. The first-order valence-corrected chi connectivity index (χ1v) is 7.54. The summed E-state index contributed by atoms with van der Waals surface area (Å²) < 4.78 is -0.934. The minimum Gasteiger partial charge on any atom is -0.480 e. The van der Waals surface area contributed by atoms with Crippen LogP contribution >= 0.6 is 11.8 Å². The summed E-state index contributed by atoms with van der Waals surface area (Å²) in [5, 5.41) is 18.3. The molecule has 0 saturated carbocycles. The molecule has 1 heterocycles. The molecular weight excluding hydrogens is 296 g/mol. The number of hydrogen-bond acceptors (Lipinski definition) is 4. The molecule has 0 aliphatic carbocycles. The van der Waals surface area contributed by atoms with Gasteiger partial charge < -0.3 is 5.11 Å². The van der Waals surface area contributed by atoms with Gasteiger partial charge in [-0.3, -0.25) is 9.78 Å². The second-order valence-electron chi connectivity index (χ2n) is 5.43. The number of hydrogen-bond donors (Lipinski definition) is 1. The first-order valence-electron chi connectivity index (χ1n) is 6.72. The van der Waals surface area contributed by atoms with E-state index in [1.165, 1.54) is 11.8 Å². The van der Waals surface area contributed by atoms with Gasteiger partial charge in [-0.25, -0.2) is 0 Å². The van der Waals surface area contributed by atoms with Gasteiger partial charge in [-0.2, -0.15) is 5.26 Å². The molecule has 0 unspecified atom stereocenters. The Kier molecular flexibility index (Phi) is 4.53. The molecule has 22 heavy (non-hydrogen) atoms. The number of rotatable bonds is 4. The minimum absolute atomic E-state index is 0.602. The lowest BCUT2D eigenvalue weighted by atomic mass is 10.00. The van der Waals surface area contributed by atoms with E-state index in [1.54, 1.807) is 32.3 Å². The molecule has 0 bridgehead atoms. The molecule has 0 saturated heterocycles. The van der Waals surface area contributed by atoms with Gasteiger partial charge >= 0.3 is 5.97 Å². The third-order valence-electron chi connectivity index (χ3n) is 3.31. The van der Waals surface area contributed by atoms with Gasteiger partial charge in [0.05, 0.1) is 11.6 Å². The maximum Gasteiger partial charge on any atom is 0.319 e. The van der Waals surface area contributed by atoms with Crippen LogP contribution in [-0.2, 0) is 4.79 Å². The molecular formula is C17H16N2O2S. The van der Waals surface area contributed by atoms with Crippen molar-refractivity contribution in [2.45, 2.75) is 30.4 Å². The second-order valence-corrected chi connectivity index (χ2v) is 7.10. The molecule has 1 N–H and O–H groups in total. The van der Waals surface area contributed by atoms with Gasteiger partial charge in [-0.05, 0) is 50.1 Å². The molecule has 4 nitrogen and oxygen atoms in total. The first kappa shape index (κ1) is 16.1. The summed E-state index contributed by atoms with van der Waals surface area (Å²) in [5.41, 5.74) is 3.40. The molecule has 0 atom stereocenters. The standard InChI is InChI=1S/C17H16N2O2S/c1-11-8-12(9-18)4-5-13(11)14-10-19-7-6-15(14)22-17(2,3)16(20)21/h4-8,10H,1-3H3,(H,20,21). The third-order valence-corrected chi connectivity index (χ3v) is 4.57. The third kappa shape index (κ3) is 3.29. The molecule has 1 aromatic carbocycles. The molecule has 0 amide bonds. The summed E-state index contributed by atoms with van der Waals surface area (Å²) >= 11 is 1.29. The summed E-state index contributed by atoms with van der Waals surface area (Å²) in [6.45, 7) is 5.28. The molecule has 0 radical (unpaired) electrons. The van der Waals surface area contributed by atoms with E-state index in [1.807, 2.05) is 25.1 Å². The van der Waals surface area contributed by atoms with Crippen molar-refractivity contribution in [3.8, 4) is 17.2 Å². The number of carbonyl (C=O) groups is 1. The van der Waals surface area contributed by atoms with Crippen LogP contribution in [0, 0.1) is 18.3 Å². The number of benzene rings is 1. The number of carboxylic acid groups (broad SMARTS) is 1. The van der Waals surface area contributed by atoms with E-state index in [0.29, 0.717) is 5.56 Å².